The molecule has 0 fully saturated rings. The number of nitrogen functional groups attached to an aromatic ring is 1. The summed E-state index contributed by atoms with van der Waals surface area (Å²) in [6, 6.07) is 9.83. The Morgan fingerprint density at radius 1 is 1.37 bits per heavy atom. The number of aromatic nitrogens is 2. The number of carbonyl (C=O) groups is 1. The third-order valence-corrected chi connectivity index (χ3v) is 2.82. The molecule has 0 spiro atoms. The van der Waals surface area contributed by atoms with Crippen molar-refractivity contribution in [3.63, 3.8) is 0 Å². The summed E-state index contributed by atoms with van der Waals surface area (Å²) in [5.41, 5.74) is 8.01. The fourth-order valence-electron chi connectivity index (χ4n) is 1.93. The second-order valence-electron chi connectivity index (χ2n) is 4.21. The maximum absolute atomic E-state index is 11.8. The Balaban J connectivity index is 2.29. The summed E-state index contributed by atoms with van der Waals surface area (Å²) in [6.45, 7) is 4.37. The van der Waals surface area contributed by atoms with Crippen molar-refractivity contribution in [2.24, 2.45) is 0 Å². The van der Waals surface area contributed by atoms with Crippen molar-refractivity contribution in [2.75, 3.05) is 12.3 Å². The normalized spacial score (nSPS) is 10.4. The van der Waals surface area contributed by atoms with Crippen LogP contribution in [0.15, 0.2) is 30.3 Å². The van der Waals surface area contributed by atoms with Gasteiger partial charge in [0.05, 0.1) is 18.8 Å². The standard InChI is InChI=1S/C14H17N3O2/c1-3-19-14(18)12-10(2)16-17(13(12)15)9-11-7-5-4-6-8-11/h4-8H,3,9,15H2,1-2H3. The molecule has 5 nitrogen and oxygen atoms in total. The molecule has 0 aliphatic rings. The highest BCUT2D eigenvalue weighted by molar-refractivity contribution is 5.95. The van der Waals surface area contributed by atoms with Gasteiger partial charge in [0.1, 0.15) is 11.4 Å². The zero-order chi connectivity index (χ0) is 13.8. The molecule has 0 radical (unpaired) electrons. The number of rotatable bonds is 4. The molecule has 0 aliphatic heterocycles. The van der Waals surface area contributed by atoms with Gasteiger partial charge in [-0.1, -0.05) is 30.3 Å². The van der Waals surface area contributed by atoms with E-state index >= 15 is 0 Å². The average Bonchev–Trinajstić information content (AvgIpc) is 2.66. The number of nitrogens with two attached hydrogens (primary N) is 1. The van der Waals surface area contributed by atoms with Gasteiger partial charge in [0.2, 0.25) is 0 Å². The maximum atomic E-state index is 11.8. The van der Waals surface area contributed by atoms with Gasteiger partial charge in [-0.25, -0.2) is 9.48 Å². The minimum atomic E-state index is -0.420. The first-order valence-electron chi connectivity index (χ1n) is 6.17. The van der Waals surface area contributed by atoms with E-state index in [2.05, 4.69) is 5.10 Å². The monoisotopic (exact) mass is 259 g/mol. The average molecular weight is 259 g/mol. The van der Waals surface area contributed by atoms with E-state index in [-0.39, 0.29) is 0 Å². The Labute approximate surface area is 112 Å². The summed E-state index contributed by atoms with van der Waals surface area (Å²) in [4.78, 5) is 11.8. The van der Waals surface area contributed by atoms with Crippen LogP contribution in [0, 0.1) is 6.92 Å². The van der Waals surface area contributed by atoms with Gasteiger partial charge in [0.25, 0.3) is 0 Å². The third-order valence-electron chi connectivity index (χ3n) is 2.82. The van der Waals surface area contributed by atoms with E-state index in [1.165, 1.54) is 0 Å². The number of ether oxygens (including phenoxy) is 1. The largest absolute Gasteiger partial charge is 0.462 e. The van der Waals surface area contributed by atoms with Gasteiger partial charge in [-0.05, 0) is 19.4 Å². The minimum Gasteiger partial charge on any atom is -0.462 e. The van der Waals surface area contributed by atoms with Crippen LogP contribution in [0.1, 0.15) is 28.5 Å². The van der Waals surface area contributed by atoms with E-state index in [9.17, 15) is 4.79 Å². The molecule has 0 amide bonds. The highest BCUT2D eigenvalue weighted by Gasteiger charge is 2.20. The highest BCUT2D eigenvalue weighted by Crippen LogP contribution is 2.18. The lowest BCUT2D eigenvalue weighted by Gasteiger charge is -2.05. The van der Waals surface area contributed by atoms with Gasteiger partial charge < -0.3 is 10.5 Å². The number of esters is 1. The van der Waals surface area contributed by atoms with Crippen LogP contribution in [0.4, 0.5) is 5.82 Å². The fraction of sp³-hybridized carbons (Fsp3) is 0.286. The molecule has 0 saturated heterocycles. The van der Waals surface area contributed by atoms with Crippen LogP contribution in [0.2, 0.25) is 0 Å². The van der Waals surface area contributed by atoms with Crippen LogP contribution in [0.5, 0.6) is 0 Å². The zero-order valence-corrected chi connectivity index (χ0v) is 11.1. The first kappa shape index (κ1) is 13.1. The summed E-state index contributed by atoms with van der Waals surface area (Å²) in [5, 5.41) is 4.30. The molecule has 19 heavy (non-hydrogen) atoms. The van der Waals surface area contributed by atoms with Crippen molar-refractivity contribution in [1.29, 1.82) is 0 Å². The number of aryl methyl sites for hydroxylation is 1. The summed E-state index contributed by atoms with van der Waals surface area (Å²) < 4.78 is 6.60. The van der Waals surface area contributed by atoms with Crippen molar-refractivity contribution in [1.82, 2.24) is 9.78 Å². The highest BCUT2D eigenvalue weighted by atomic mass is 16.5. The lowest BCUT2D eigenvalue weighted by Crippen LogP contribution is -2.10. The Bertz CT molecular complexity index is 576. The predicted molar refractivity (Wildman–Crippen MR) is 72.9 cm³/mol. The van der Waals surface area contributed by atoms with Crippen LogP contribution in [0.3, 0.4) is 0 Å². The number of hydrogen-bond acceptors (Lipinski definition) is 4. The molecular formula is C14H17N3O2. The van der Waals surface area contributed by atoms with E-state index in [0.717, 1.165) is 5.56 Å². The lowest BCUT2D eigenvalue weighted by molar-refractivity contribution is 0.0527. The second-order valence-corrected chi connectivity index (χ2v) is 4.21. The van der Waals surface area contributed by atoms with Crippen molar-refractivity contribution < 1.29 is 9.53 Å². The van der Waals surface area contributed by atoms with Gasteiger partial charge in [-0.15, -0.1) is 0 Å². The van der Waals surface area contributed by atoms with Crippen LogP contribution in [-0.2, 0) is 11.3 Å². The Morgan fingerprint density at radius 3 is 2.68 bits per heavy atom. The molecule has 2 rings (SSSR count). The van der Waals surface area contributed by atoms with Crippen LogP contribution in [-0.4, -0.2) is 22.4 Å². The van der Waals surface area contributed by atoms with Crippen molar-refractivity contribution in [3.05, 3.63) is 47.2 Å². The zero-order valence-electron chi connectivity index (χ0n) is 11.1. The second kappa shape index (κ2) is 5.56. The quantitative estimate of drug-likeness (QED) is 0.852. The molecular weight excluding hydrogens is 242 g/mol. The molecule has 5 heteroatoms. The van der Waals surface area contributed by atoms with Gasteiger partial charge in [-0.3, -0.25) is 0 Å². The topological polar surface area (TPSA) is 70.1 Å². The van der Waals surface area contributed by atoms with Gasteiger partial charge in [-0.2, -0.15) is 5.10 Å². The lowest BCUT2D eigenvalue weighted by atomic mass is 10.2. The molecule has 100 valence electrons. The molecule has 1 heterocycles. The van der Waals surface area contributed by atoms with Crippen molar-refractivity contribution in [3.8, 4) is 0 Å². The molecule has 0 saturated carbocycles. The van der Waals surface area contributed by atoms with Crippen molar-refractivity contribution in [2.45, 2.75) is 20.4 Å². The fourth-order valence-corrected chi connectivity index (χ4v) is 1.93. The number of hydrogen-bond donors (Lipinski definition) is 1. The van der Waals surface area contributed by atoms with E-state index in [0.29, 0.717) is 30.2 Å². The summed E-state index contributed by atoms with van der Waals surface area (Å²) >= 11 is 0. The summed E-state index contributed by atoms with van der Waals surface area (Å²) in [7, 11) is 0. The summed E-state index contributed by atoms with van der Waals surface area (Å²) in [6.07, 6.45) is 0. The number of carbonyl (C=O) groups excluding carboxylic acids is 1. The molecule has 0 aliphatic carbocycles. The van der Waals surface area contributed by atoms with Crippen molar-refractivity contribution >= 4 is 11.8 Å². The molecule has 0 bridgehead atoms. The first-order chi connectivity index (χ1) is 9.13. The smallest absolute Gasteiger partial charge is 0.343 e. The Morgan fingerprint density at radius 2 is 2.05 bits per heavy atom. The van der Waals surface area contributed by atoms with E-state index in [1.807, 2.05) is 30.3 Å². The van der Waals surface area contributed by atoms with E-state index in [1.54, 1.807) is 18.5 Å². The Kier molecular flexibility index (Phi) is 3.85. The van der Waals surface area contributed by atoms with Crippen LogP contribution in [0.25, 0.3) is 0 Å². The maximum Gasteiger partial charge on any atom is 0.343 e. The minimum absolute atomic E-state index is 0.321. The van der Waals surface area contributed by atoms with E-state index in [4.69, 9.17) is 10.5 Å². The number of nitrogens with zero attached hydrogens (tertiary/aromatic N) is 2. The predicted octanol–water partition coefficient (Wildman–Crippen LogP) is 2.00. The molecule has 1 aromatic heterocycles. The van der Waals surface area contributed by atoms with Gasteiger partial charge >= 0.3 is 5.97 Å². The molecule has 0 unspecified atom stereocenters. The number of benzene rings is 1. The van der Waals surface area contributed by atoms with Gasteiger partial charge in [0.15, 0.2) is 0 Å². The molecule has 2 N–H and O–H groups in total. The molecule has 1 aromatic carbocycles. The van der Waals surface area contributed by atoms with Gasteiger partial charge in [0, 0.05) is 0 Å². The third kappa shape index (κ3) is 2.76. The van der Waals surface area contributed by atoms with E-state index < -0.39 is 5.97 Å². The van der Waals surface area contributed by atoms with Crippen LogP contribution >= 0.6 is 0 Å². The Hall–Kier alpha value is -2.30. The first-order valence-corrected chi connectivity index (χ1v) is 6.17. The van der Waals surface area contributed by atoms with Crippen LogP contribution < -0.4 is 5.73 Å². The SMILES string of the molecule is CCOC(=O)c1c(C)nn(Cc2ccccc2)c1N. The molecule has 0 atom stereocenters. The number of anilines is 1. The molecule has 2 aromatic rings. The summed E-state index contributed by atoms with van der Waals surface area (Å²) in [5.74, 6) is -0.0726.